The Balaban J connectivity index is 1.89. The molecule has 1 aromatic heterocycles. The lowest BCUT2D eigenvalue weighted by molar-refractivity contribution is 0.662. The zero-order chi connectivity index (χ0) is 11.5. The van der Waals surface area contributed by atoms with Crippen LogP contribution in [-0.2, 0) is 6.54 Å². The van der Waals surface area contributed by atoms with E-state index in [1.165, 1.54) is 17.7 Å². The lowest BCUT2D eigenvalue weighted by Crippen LogP contribution is -2.27. The summed E-state index contributed by atoms with van der Waals surface area (Å²) in [6.45, 7) is 5.44. The molecule has 0 aromatic carbocycles. The summed E-state index contributed by atoms with van der Waals surface area (Å²) in [5, 5.41) is 4.66. The highest BCUT2D eigenvalue weighted by molar-refractivity contribution is 7.15. The Morgan fingerprint density at radius 1 is 1.62 bits per heavy atom. The van der Waals surface area contributed by atoms with E-state index in [-0.39, 0.29) is 0 Å². The van der Waals surface area contributed by atoms with Gasteiger partial charge in [0.15, 0.2) is 5.13 Å². The van der Waals surface area contributed by atoms with E-state index in [4.69, 9.17) is 0 Å². The fourth-order valence-corrected chi connectivity index (χ4v) is 2.46. The Bertz CT molecular complexity index is 333. The number of nitrogens with zero attached hydrogens (tertiary/aromatic N) is 2. The minimum absolute atomic E-state index is 0.565. The lowest BCUT2D eigenvalue weighted by atomic mass is 10.2. The third-order valence-electron chi connectivity index (χ3n) is 3.24. The third-order valence-corrected chi connectivity index (χ3v) is 4.33. The van der Waals surface area contributed by atoms with Gasteiger partial charge in [0.2, 0.25) is 0 Å². The van der Waals surface area contributed by atoms with Gasteiger partial charge in [-0.05, 0) is 26.2 Å². The van der Waals surface area contributed by atoms with Crippen molar-refractivity contribution in [3.63, 3.8) is 0 Å². The van der Waals surface area contributed by atoms with Crippen LogP contribution in [0.15, 0.2) is 6.20 Å². The first-order chi connectivity index (χ1) is 7.70. The molecular weight excluding hydrogens is 218 g/mol. The van der Waals surface area contributed by atoms with E-state index in [2.05, 4.69) is 36.1 Å². The van der Waals surface area contributed by atoms with E-state index < -0.39 is 0 Å². The molecule has 1 N–H and O–H groups in total. The van der Waals surface area contributed by atoms with Crippen LogP contribution < -0.4 is 10.2 Å². The second kappa shape index (κ2) is 5.15. The van der Waals surface area contributed by atoms with Crippen molar-refractivity contribution in [3.8, 4) is 0 Å². The van der Waals surface area contributed by atoms with Gasteiger partial charge in [0.1, 0.15) is 0 Å². The molecule has 0 spiro atoms. The fourth-order valence-electron chi connectivity index (χ4n) is 1.54. The van der Waals surface area contributed by atoms with E-state index in [0.29, 0.717) is 6.04 Å². The summed E-state index contributed by atoms with van der Waals surface area (Å²) in [6.07, 6.45) is 5.86. The Kier molecular flexibility index (Phi) is 3.82. The number of aromatic nitrogens is 1. The predicted octanol–water partition coefficient (Wildman–Crippen LogP) is 2.63. The van der Waals surface area contributed by atoms with Gasteiger partial charge < -0.3 is 10.2 Å². The minimum atomic E-state index is 0.565. The van der Waals surface area contributed by atoms with Gasteiger partial charge in [-0.25, -0.2) is 4.98 Å². The van der Waals surface area contributed by atoms with Crippen LogP contribution in [0.3, 0.4) is 0 Å². The van der Waals surface area contributed by atoms with E-state index >= 15 is 0 Å². The lowest BCUT2D eigenvalue weighted by Gasteiger charge is -2.22. The van der Waals surface area contributed by atoms with Crippen LogP contribution in [-0.4, -0.2) is 24.1 Å². The van der Waals surface area contributed by atoms with Gasteiger partial charge >= 0.3 is 0 Å². The van der Waals surface area contributed by atoms with Crippen molar-refractivity contribution in [2.24, 2.45) is 0 Å². The van der Waals surface area contributed by atoms with Crippen molar-refractivity contribution in [2.75, 3.05) is 11.9 Å². The van der Waals surface area contributed by atoms with Gasteiger partial charge in [0, 0.05) is 36.8 Å². The summed E-state index contributed by atoms with van der Waals surface area (Å²) in [7, 11) is 2.13. The number of anilines is 1. The summed E-state index contributed by atoms with van der Waals surface area (Å²) in [5.74, 6) is 0. The van der Waals surface area contributed by atoms with Crippen LogP contribution in [0.1, 0.15) is 38.0 Å². The van der Waals surface area contributed by atoms with E-state index in [9.17, 15) is 0 Å². The van der Waals surface area contributed by atoms with Crippen LogP contribution >= 0.6 is 11.3 Å². The average Bonchev–Trinajstić information content (AvgIpc) is 3.02. The van der Waals surface area contributed by atoms with Gasteiger partial charge in [-0.1, -0.05) is 6.92 Å². The molecule has 90 valence electrons. The van der Waals surface area contributed by atoms with Crippen molar-refractivity contribution < 1.29 is 0 Å². The van der Waals surface area contributed by atoms with E-state index in [0.717, 1.165) is 24.1 Å². The standard InChI is InChI=1S/C12H21N3S/c1-4-9(2)15(3)12-14-8-11(16-12)7-13-10-5-6-10/h8-10,13H,4-7H2,1-3H3. The summed E-state index contributed by atoms with van der Waals surface area (Å²) in [4.78, 5) is 8.10. The molecule has 1 aliphatic rings. The second-order valence-electron chi connectivity index (χ2n) is 4.63. The quantitative estimate of drug-likeness (QED) is 0.827. The zero-order valence-corrected chi connectivity index (χ0v) is 11.2. The predicted molar refractivity (Wildman–Crippen MR) is 70.1 cm³/mol. The van der Waals surface area contributed by atoms with Crippen molar-refractivity contribution in [3.05, 3.63) is 11.1 Å². The van der Waals surface area contributed by atoms with Crippen LogP contribution in [0.2, 0.25) is 0 Å². The fraction of sp³-hybridized carbons (Fsp3) is 0.750. The molecule has 2 rings (SSSR count). The number of hydrogen-bond donors (Lipinski definition) is 1. The van der Waals surface area contributed by atoms with Crippen LogP contribution in [0.25, 0.3) is 0 Å². The summed E-state index contributed by atoms with van der Waals surface area (Å²) < 4.78 is 0. The molecule has 1 unspecified atom stereocenters. The SMILES string of the molecule is CCC(C)N(C)c1ncc(CNC2CC2)s1. The Hall–Kier alpha value is -0.610. The molecule has 3 nitrogen and oxygen atoms in total. The number of rotatable bonds is 6. The molecule has 1 fully saturated rings. The Morgan fingerprint density at radius 3 is 3.00 bits per heavy atom. The van der Waals surface area contributed by atoms with Crippen LogP contribution in [0.5, 0.6) is 0 Å². The molecular formula is C12H21N3S. The first-order valence-electron chi connectivity index (χ1n) is 6.11. The number of thiazole rings is 1. The smallest absolute Gasteiger partial charge is 0.185 e. The molecule has 16 heavy (non-hydrogen) atoms. The van der Waals surface area contributed by atoms with Crippen molar-refractivity contribution in [2.45, 2.75) is 51.7 Å². The molecule has 0 aliphatic heterocycles. The minimum Gasteiger partial charge on any atom is -0.348 e. The Morgan fingerprint density at radius 2 is 2.38 bits per heavy atom. The van der Waals surface area contributed by atoms with Gasteiger partial charge in [-0.3, -0.25) is 0 Å². The molecule has 1 aromatic rings. The van der Waals surface area contributed by atoms with Crippen LogP contribution in [0, 0.1) is 0 Å². The first-order valence-corrected chi connectivity index (χ1v) is 6.93. The highest BCUT2D eigenvalue weighted by Gasteiger charge is 2.20. The molecule has 1 saturated carbocycles. The first kappa shape index (κ1) is 11.9. The van der Waals surface area contributed by atoms with Gasteiger partial charge in [-0.2, -0.15) is 0 Å². The average molecular weight is 239 g/mol. The van der Waals surface area contributed by atoms with Crippen molar-refractivity contribution >= 4 is 16.5 Å². The van der Waals surface area contributed by atoms with Gasteiger partial charge in [0.05, 0.1) is 0 Å². The maximum absolute atomic E-state index is 4.49. The molecule has 0 amide bonds. The molecule has 0 bridgehead atoms. The summed E-state index contributed by atoms with van der Waals surface area (Å²) >= 11 is 1.81. The maximum Gasteiger partial charge on any atom is 0.185 e. The van der Waals surface area contributed by atoms with E-state index in [1.807, 2.05) is 6.20 Å². The highest BCUT2D eigenvalue weighted by atomic mass is 32.1. The summed E-state index contributed by atoms with van der Waals surface area (Å²) in [6, 6.07) is 1.34. The van der Waals surface area contributed by atoms with Crippen molar-refractivity contribution in [1.82, 2.24) is 10.3 Å². The molecule has 1 aliphatic carbocycles. The molecule has 1 heterocycles. The van der Waals surface area contributed by atoms with Gasteiger partial charge in [0.25, 0.3) is 0 Å². The molecule has 1 atom stereocenters. The van der Waals surface area contributed by atoms with Crippen molar-refractivity contribution in [1.29, 1.82) is 0 Å². The molecule has 0 radical (unpaired) electrons. The number of nitrogens with one attached hydrogen (secondary N) is 1. The summed E-state index contributed by atoms with van der Waals surface area (Å²) in [5.41, 5.74) is 0. The monoisotopic (exact) mass is 239 g/mol. The third kappa shape index (κ3) is 2.95. The second-order valence-corrected chi connectivity index (χ2v) is 5.73. The molecule has 0 saturated heterocycles. The Labute approximate surface area is 102 Å². The maximum atomic E-state index is 4.49. The largest absolute Gasteiger partial charge is 0.348 e. The van der Waals surface area contributed by atoms with E-state index in [1.54, 1.807) is 11.3 Å². The van der Waals surface area contributed by atoms with Gasteiger partial charge in [-0.15, -0.1) is 11.3 Å². The topological polar surface area (TPSA) is 28.2 Å². The zero-order valence-electron chi connectivity index (χ0n) is 10.4. The number of hydrogen-bond acceptors (Lipinski definition) is 4. The van der Waals surface area contributed by atoms with Crippen LogP contribution in [0.4, 0.5) is 5.13 Å². The molecule has 4 heteroatoms. The highest BCUT2D eigenvalue weighted by Crippen LogP contribution is 2.25. The normalized spacial score (nSPS) is 17.4.